The van der Waals surface area contributed by atoms with Crippen molar-refractivity contribution in [2.24, 2.45) is 17.6 Å². The van der Waals surface area contributed by atoms with Crippen LogP contribution in [0.2, 0.25) is 0 Å². The number of hydrogen-bond donors (Lipinski definition) is 1. The Morgan fingerprint density at radius 1 is 1.24 bits per heavy atom. The lowest BCUT2D eigenvalue weighted by Gasteiger charge is -2.48. The van der Waals surface area contributed by atoms with Crippen LogP contribution in [0.4, 0.5) is 0 Å². The van der Waals surface area contributed by atoms with Gasteiger partial charge in [-0.3, -0.25) is 9.69 Å². The predicted molar refractivity (Wildman–Crippen MR) is 84.9 cm³/mol. The zero-order valence-corrected chi connectivity index (χ0v) is 13.6. The van der Waals surface area contributed by atoms with Crippen molar-refractivity contribution in [2.75, 3.05) is 19.6 Å². The highest BCUT2D eigenvalue weighted by atomic mass is 16.2. The van der Waals surface area contributed by atoms with E-state index in [1.165, 1.54) is 32.2 Å². The van der Waals surface area contributed by atoms with Crippen LogP contribution in [-0.4, -0.2) is 53.5 Å². The van der Waals surface area contributed by atoms with Crippen molar-refractivity contribution < 1.29 is 4.79 Å². The molecule has 0 aromatic rings. The lowest BCUT2D eigenvalue weighted by atomic mass is 9.83. The fourth-order valence-electron chi connectivity index (χ4n) is 4.21. The average Bonchev–Trinajstić information content (AvgIpc) is 3.36. The smallest absolute Gasteiger partial charge is 0.239 e. The number of hydrogen-bond acceptors (Lipinski definition) is 3. The van der Waals surface area contributed by atoms with Crippen LogP contribution < -0.4 is 5.73 Å². The molecule has 2 saturated heterocycles. The largest absolute Gasteiger partial charge is 0.341 e. The molecule has 4 nitrogen and oxygen atoms in total. The third-order valence-electron chi connectivity index (χ3n) is 5.98. The van der Waals surface area contributed by atoms with Gasteiger partial charge in [-0.05, 0) is 50.5 Å². The Bertz CT molecular complexity index is 382. The van der Waals surface area contributed by atoms with E-state index in [4.69, 9.17) is 5.73 Å². The number of likely N-dealkylation sites (tertiary alicyclic amines) is 2. The highest BCUT2D eigenvalue weighted by molar-refractivity contribution is 5.82. The van der Waals surface area contributed by atoms with Crippen LogP contribution in [0.5, 0.6) is 0 Å². The molecule has 3 rings (SSSR count). The first-order chi connectivity index (χ1) is 10.1. The maximum atomic E-state index is 12.6. The Hall–Kier alpha value is -0.610. The molecule has 3 fully saturated rings. The molecule has 1 amide bonds. The molecule has 1 aliphatic carbocycles. The van der Waals surface area contributed by atoms with Crippen LogP contribution in [0.1, 0.15) is 52.4 Å². The molecule has 120 valence electrons. The topological polar surface area (TPSA) is 49.6 Å². The molecule has 0 aromatic carbocycles. The summed E-state index contributed by atoms with van der Waals surface area (Å²) in [5, 5.41) is 0. The van der Waals surface area contributed by atoms with Gasteiger partial charge >= 0.3 is 0 Å². The van der Waals surface area contributed by atoms with E-state index in [0.29, 0.717) is 5.92 Å². The van der Waals surface area contributed by atoms with E-state index in [9.17, 15) is 4.79 Å². The number of nitrogens with zero attached hydrogens (tertiary/aromatic N) is 2. The zero-order chi connectivity index (χ0) is 15.0. The third-order valence-corrected chi connectivity index (χ3v) is 5.98. The molecule has 2 aliphatic heterocycles. The Labute approximate surface area is 129 Å². The van der Waals surface area contributed by atoms with E-state index in [-0.39, 0.29) is 17.9 Å². The van der Waals surface area contributed by atoms with E-state index in [2.05, 4.69) is 23.6 Å². The molecule has 1 saturated carbocycles. The normalized spacial score (nSPS) is 33.4. The van der Waals surface area contributed by atoms with Gasteiger partial charge < -0.3 is 10.6 Å². The Balaban J connectivity index is 1.60. The average molecular weight is 293 g/mol. The molecule has 2 unspecified atom stereocenters. The van der Waals surface area contributed by atoms with Crippen LogP contribution in [0.15, 0.2) is 0 Å². The summed E-state index contributed by atoms with van der Waals surface area (Å²) in [6, 6.07) is 1.28. The zero-order valence-electron chi connectivity index (χ0n) is 13.6. The first-order valence-electron chi connectivity index (χ1n) is 8.92. The highest BCUT2D eigenvalue weighted by Gasteiger charge is 2.43. The molecule has 0 aromatic heterocycles. The van der Waals surface area contributed by atoms with Crippen molar-refractivity contribution in [1.82, 2.24) is 9.80 Å². The monoisotopic (exact) mass is 293 g/mol. The number of fused-ring (bicyclic) bond motifs is 1. The lowest BCUT2D eigenvalue weighted by Crippen LogP contribution is -2.58. The van der Waals surface area contributed by atoms with Gasteiger partial charge in [0.1, 0.15) is 0 Å². The third kappa shape index (κ3) is 3.11. The molecule has 4 heteroatoms. The molecule has 4 atom stereocenters. The summed E-state index contributed by atoms with van der Waals surface area (Å²) < 4.78 is 0. The predicted octanol–water partition coefficient (Wildman–Crippen LogP) is 1.84. The van der Waals surface area contributed by atoms with Crippen molar-refractivity contribution in [2.45, 2.75) is 70.5 Å². The van der Waals surface area contributed by atoms with Crippen molar-refractivity contribution in [3.05, 3.63) is 0 Å². The maximum Gasteiger partial charge on any atom is 0.239 e. The highest BCUT2D eigenvalue weighted by Crippen LogP contribution is 2.38. The van der Waals surface area contributed by atoms with Gasteiger partial charge in [-0.25, -0.2) is 0 Å². The van der Waals surface area contributed by atoms with E-state index >= 15 is 0 Å². The van der Waals surface area contributed by atoms with Crippen molar-refractivity contribution in [3.8, 4) is 0 Å². The number of rotatable bonds is 4. The summed E-state index contributed by atoms with van der Waals surface area (Å²) in [7, 11) is 0. The van der Waals surface area contributed by atoms with Crippen molar-refractivity contribution in [3.63, 3.8) is 0 Å². The summed E-state index contributed by atoms with van der Waals surface area (Å²) in [5.74, 6) is 1.15. The van der Waals surface area contributed by atoms with Gasteiger partial charge in [0.25, 0.3) is 0 Å². The summed E-state index contributed by atoms with van der Waals surface area (Å²) in [6.07, 6.45) is 7.51. The number of carbonyl (C=O) groups is 1. The molecular formula is C17H31N3O. The lowest BCUT2D eigenvalue weighted by molar-refractivity contribution is -0.137. The molecular weight excluding hydrogens is 262 g/mol. The summed E-state index contributed by atoms with van der Waals surface area (Å²) in [5.41, 5.74) is 6.15. The minimum atomic E-state index is -0.310. The number of piperidine rings is 2. The minimum absolute atomic E-state index is 0.186. The Kier molecular flexibility index (Phi) is 4.55. The summed E-state index contributed by atoms with van der Waals surface area (Å²) in [4.78, 5) is 17.4. The van der Waals surface area contributed by atoms with E-state index in [0.717, 1.165) is 38.0 Å². The van der Waals surface area contributed by atoms with Gasteiger partial charge in [0.2, 0.25) is 5.91 Å². The second-order valence-electron chi connectivity index (χ2n) is 7.42. The fraction of sp³-hybridized carbons (Fsp3) is 0.941. The van der Waals surface area contributed by atoms with Crippen LogP contribution in [0.25, 0.3) is 0 Å². The standard InChI is InChI=1S/C17H31N3O/c1-3-12(2)16(18)17(21)19-10-8-15-13(11-19)5-4-9-20(15)14-6-7-14/h12-16H,3-11,18H2,1-2H3/t12-,13?,15?,16-/m0/s1. The van der Waals surface area contributed by atoms with Gasteiger partial charge in [-0.15, -0.1) is 0 Å². The van der Waals surface area contributed by atoms with Crippen LogP contribution in [-0.2, 0) is 4.79 Å². The molecule has 0 radical (unpaired) electrons. The fourth-order valence-corrected chi connectivity index (χ4v) is 4.21. The van der Waals surface area contributed by atoms with Gasteiger partial charge in [-0.1, -0.05) is 20.3 Å². The van der Waals surface area contributed by atoms with E-state index in [1.54, 1.807) is 0 Å². The molecule has 3 aliphatic rings. The van der Waals surface area contributed by atoms with Crippen LogP contribution >= 0.6 is 0 Å². The molecule has 2 N–H and O–H groups in total. The van der Waals surface area contributed by atoms with Crippen molar-refractivity contribution in [1.29, 1.82) is 0 Å². The number of carbonyl (C=O) groups excluding carboxylic acids is 1. The Morgan fingerprint density at radius 2 is 2.00 bits per heavy atom. The molecule has 0 bridgehead atoms. The summed E-state index contributed by atoms with van der Waals surface area (Å²) >= 11 is 0. The number of nitrogens with two attached hydrogens (primary N) is 1. The second kappa shape index (κ2) is 6.25. The quantitative estimate of drug-likeness (QED) is 0.860. The first-order valence-corrected chi connectivity index (χ1v) is 8.92. The molecule has 21 heavy (non-hydrogen) atoms. The van der Waals surface area contributed by atoms with E-state index < -0.39 is 0 Å². The van der Waals surface area contributed by atoms with Crippen molar-refractivity contribution >= 4 is 5.91 Å². The minimum Gasteiger partial charge on any atom is -0.341 e. The van der Waals surface area contributed by atoms with E-state index in [1.807, 2.05) is 0 Å². The van der Waals surface area contributed by atoms with Crippen LogP contribution in [0, 0.1) is 11.8 Å². The Morgan fingerprint density at radius 3 is 2.67 bits per heavy atom. The van der Waals surface area contributed by atoms with Gasteiger partial charge in [-0.2, -0.15) is 0 Å². The number of amides is 1. The SMILES string of the molecule is CC[C@H](C)[C@H](N)C(=O)N1CCC2C(CCCN2C2CC2)C1. The molecule has 2 heterocycles. The van der Waals surface area contributed by atoms with Gasteiger partial charge in [0, 0.05) is 25.2 Å². The molecule has 0 spiro atoms. The van der Waals surface area contributed by atoms with Gasteiger partial charge in [0.15, 0.2) is 0 Å². The van der Waals surface area contributed by atoms with Gasteiger partial charge in [0.05, 0.1) is 6.04 Å². The second-order valence-corrected chi connectivity index (χ2v) is 7.42. The summed E-state index contributed by atoms with van der Waals surface area (Å²) in [6.45, 7) is 7.33. The maximum absolute atomic E-state index is 12.6. The van der Waals surface area contributed by atoms with Crippen LogP contribution in [0.3, 0.4) is 0 Å². The first kappa shape index (κ1) is 15.3.